The smallest absolute Gasteiger partial charge is 0.0300 e. The second kappa shape index (κ2) is 11.7. The van der Waals surface area contributed by atoms with Crippen molar-refractivity contribution in [1.82, 2.24) is 0 Å². The molecule has 0 spiro atoms. The van der Waals surface area contributed by atoms with Crippen molar-refractivity contribution in [2.75, 3.05) is 0 Å². The molecular formula is C25H48. The highest BCUT2D eigenvalue weighted by Crippen LogP contribution is 2.49. The lowest BCUT2D eigenvalue weighted by atomic mass is 9.62. The van der Waals surface area contributed by atoms with Gasteiger partial charge in [0, 0.05) is 0 Å². The molecule has 0 aliphatic heterocycles. The van der Waals surface area contributed by atoms with E-state index in [1.165, 1.54) is 64.2 Å². The average molecular weight is 349 g/mol. The maximum absolute atomic E-state index is 2.46. The first-order valence-corrected chi connectivity index (χ1v) is 12.2. The van der Waals surface area contributed by atoms with Gasteiger partial charge in [0.25, 0.3) is 0 Å². The van der Waals surface area contributed by atoms with E-state index in [0.29, 0.717) is 0 Å². The summed E-state index contributed by atoms with van der Waals surface area (Å²) in [6.07, 6.45) is 27.1. The summed E-state index contributed by atoms with van der Waals surface area (Å²) in [4.78, 5) is 0. The normalized spacial score (nSPS) is 33.5. The van der Waals surface area contributed by atoms with E-state index in [-0.39, 0.29) is 0 Å². The van der Waals surface area contributed by atoms with Crippen LogP contribution in [0, 0.1) is 23.2 Å². The first kappa shape index (κ1) is 21.3. The third-order valence-corrected chi connectivity index (χ3v) is 8.18. The first-order chi connectivity index (χ1) is 12.2. The predicted octanol–water partition coefficient (Wildman–Crippen LogP) is 8.93. The Bertz CT molecular complexity index is 315. The monoisotopic (exact) mass is 348 g/mol. The van der Waals surface area contributed by atoms with Crippen molar-refractivity contribution in [1.29, 1.82) is 0 Å². The van der Waals surface area contributed by atoms with Crippen LogP contribution in [-0.2, 0) is 0 Å². The Kier molecular flexibility index (Phi) is 9.93. The first-order valence-electron chi connectivity index (χ1n) is 12.2. The Morgan fingerprint density at radius 1 is 0.640 bits per heavy atom. The fourth-order valence-corrected chi connectivity index (χ4v) is 6.04. The molecular weight excluding hydrogens is 300 g/mol. The van der Waals surface area contributed by atoms with E-state index in [1.807, 2.05) is 0 Å². The summed E-state index contributed by atoms with van der Waals surface area (Å²) in [5.74, 6) is 3.27. The minimum absolute atomic E-state index is 0.738. The Morgan fingerprint density at radius 2 is 1.24 bits per heavy atom. The molecule has 0 aromatic heterocycles. The Morgan fingerprint density at radius 3 is 1.84 bits per heavy atom. The zero-order valence-corrected chi connectivity index (χ0v) is 18.0. The average Bonchev–Trinajstić information content (AvgIpc) is 2.67. The summed E-state index contributed by atoms with van der Waals surface area (Å²) in [6.45, 7) is 7.14. The van der Waals surface area contributed by atoms with Crippen LogP contribution in [0.4, 0.5) is 0 Å². The van der Waals surface area contributed by atoms with E-state index in [0.717, 1.165) is 23.2 Å². The van der Waals surface area contributed by atoms with Crippen molar-refractivity contribution in [3.63, 3.8) is 0 Å². The molecule has 2 fully saturated rings. The molecule has 0 N–H and O–H groups in total. The zero-order valence-electron chi connectivity index (χ0n) is 18.0. The summed E-state index contributed by atoms with van der Waals surface area (Å²) in [6, 6.07) is 0. The SMILES string of the molecule is CCCCCCCC1CCC([C@H]2CC[C@](CC)(CCCC)CC2)CC1. The van der Waals surface area contributed by atoms with E-state index in [1.54, 1.807) is 51.4 Å². The van der Waals surface area contributed by atoms with Crippen molar-refractivity contribution < 1.29 is 0 Å². The summed E-state index contributed by atoms with van der Waals surface area (Å²) in [5.41, 5.74) is 0.738. The van der Waals surface area contributed by atoms with Crippen LogP contribution in [-0.4, -0.2) is 0 Å². The maximum atomic E-state index is 2.46. The molecule has 0 radical (unpaired) electrons. The van der Waals surface area contributed by atoms with E-state index in [9.17, 15) is 0 Å². The van der Waals surface area contributed by atoms with Crippen LogP contribution in [0.15, 0.2) is 0 Å². The molecule has 0 nitrogen and oxygen atoms in total. The van der Waals surface area contributed by atoms with Gasteiger partial charge in [-0.05, 0) is 68.1 Å². The molecule has 0 heterocycles. The van der Waals surface area contributed by atoms with Crippen molar-refractivity contribution in [2.24, 2.45) is 23.2 Å². The molecule has 2 aliphatic rings. The second-order valence-electron chi connectivity index (χ2n) is 9.78. The lowest BCUT2D eigenvalue weighted by Gasteiger charge is -2.44. The highest BCUT2D eigenvalue weighted by Gasteiger charge is 2.36. The fourth-order valence-electron chi connectivity index (χ4n) is 6.04. The molecule has 0 aromatic rings. The number of hydrogen-bond acceptors (Lipinski definition) is 0. The van der Waals surface area contributed by atoms with Crippen LogP contribution in [0.1, 0.15) is 136 Å². The molecule has 0 bridgehead atoms. The number of rotatable bonds is 11. The van der Waals surface area contributed by atoms with Gasteiger partial charge >= 0.3 is 0 Å². The topological polar surface area (TPSA) is 0 Å². The molecule has 2 aliphatic carbocycles. The third-order valence-electron chi connectivity index (χ3n) is 8.18. The van der Waals surface area contributed by atoms with Crippen LogP contribution in [0.5, 0.6) is 0 Å². The molecule has 0 saturated heterocycles. The van der Waals surface area contributed by atoms with Gasteiger partial charge < -0.3 is 0 Å². The van der Waals surface area contributed by atoms with Crippen molar-refractivity contribution in [2.45, 2.75) is 136 Å². The molecule has 148 valence electrons. The van der Waals surface area contributed by atoms with Gasteiger partial charge in [-0.25, -0.2) is 0 Å². The molecule has 0 unspecified atom stereocenters. The van der Waals surface area contributed by atoms with Crippen molar-refractivity contribution in [3.8, 4) is 0 Å². The summed E-state index contributed by atoms with van der Waals surface area (Å²) >= 11 is 0. The molecule has 25 heavy (non-hydrogen) atoms. The second-order valence-corrected chi connectivity index (χ2v) is 9.78. The van der Waals surface area contributed by atoms with Crippen LogP contribution in [0.2, 0.25) is 0 Å². The van der Waals surface area contributed by atoms with Crippen LogP contribution in [0.25, 0.3) is 0 Å². The standard InChI is InChI=1S/C25H48/c1-4-7-9-10-11-12-22-13-15-23(16-14-22)24-17-20-25(6-3,21-18-24)19-8-5-2/h22-24H,4-21H2,1-3H3/t22?,23?,24-,25-. The van der Waals surface area contributed by atoms with Gasteiger partial charge in [0.15, 0.2) is 0 Å². The third kappa shape index (κ3) is 6.91. The van der Waals surface area contributed by atoms with Gasteiger partial charge in [-0.2, -0.15) is 0 Å². The lowest BCUT2D eigenvalue weighted by Crippen LogP contribution is -2.31. The van der Waals surface area contributed by atoms with E-state index < -0.39 is 0 Å². The molecule has 2 rings (SSSR count). The lowest BCUT2D eigenvalue weighted by molar-refractivity contribution is 0.0801. The summed E-state index contributed by atoms with van der Waals surface area (Å²) in [7, 11) is 0. The predicted molar refractivity (Wildman–Crippen MR) is 113 cm³/mol. The van der Waals surface area contributed by atoms with Crippen molar-refractivity contribution in [3.05, 3.63) is 0 Å². The Balaban J connectivity index is 1.63. The van der Waals surface area contributed by atoms with Crippen LogP contribution < -0.4 is 0 Å². The Hall–Kier alpha value is 0. The highest BCUT2D eigenvalue weighted by molar-refractivity contribution is 4.88. The van der Waals surface area contributed by atoms with Crippen LogP contribution in [0.3, 0.4) is 0 Å². The van der Waals surface area contributed by atoms with Gasteiger partial charge in [0.1, 0.15) is 0 Å². The quantitative estimate of drug-likeness (QED) is 0.327. The minimum Gasteiger partial charge on any atom is -0.0654 e. The van der Waals surface area contributed by atoms with Crippen molar-refractivity contribution >= 4 is 0 Å². The van der Waals surface area contributed by atoms with Crippen LogP contribution >= 0.6 is 0 Å². The number of unbranched alkanes of at least 4 members (excludes halogenated alkanes) is 5. The maximum Gasteiger partial charge on any atom is -0.0300 e. The zero-order chi connectivity index (χ0) is 18.0. The fraction of sp³-hybridized carbons (Fsp3) is 1.00. The van der Waals surface area contributed by atoms with E-state index in [2.05, 4.69) is 20.8 Å². The van der Waals surface area contributed by atoms with Gasteiger partial charge in [-0.3, -0.25) is 0 Å². The summed E-state index contributed by atoms with van der Waals surface area (Å²) in [5, 5.41) is 0. The molecule has 0 aromatic carbocycles. The molecule has 0 heteroatoms. The van der Waals surface area contributed by atoms with Gasteiger partial charge in [0.2, 0.25) is 0 Å². The Labute approximate surface area is 159 Å². The van der Waals surface area contributed by atoms with Gasteiger partial charge in [0.05, 0.1) is 0 Å². The molecule has 2 saturated carbocycles. The highest BCUT2D eigenvalue weighted by atomic mass is 14.4. The van der Waals surface area contributed by atoms with Gasteiger partial charge in [-0.1, -0.05) is 91.4 Å². The number of hydrogen-bond donors (Lipinski definition) is 0. The molecule has 0 amide bonds. The van der Waals surface area contributed by atoms with E-state index in [4.69, 9.17) is 0 Å². The molecule has 0 atom stereocenters. The van der Waals surface area contributed by atoms with E-state index >= 15 is 0 Å². The summed E-state index contributed by atoms with van der Waals surface area (Å²) < 4.78 is 0. The minimum atomic E-state index is 0.738. The largest absolute Gasteiger partial charge is 0.0654 e. The van der Waals surface area contributed by atoms with Gasteiger partial charge in [-0.15, -0.1) is 0 Å².